The molecular formula is C26H12O3S2. The molecule has 2 aromatic heterocycles. The predicted octanol–water partition coefficient (Wildman–Crippen LogP) is 7.22. The van der Waals surface area contributed by atoms with Crippen molar-refractivity contribution in [1.82, 2.24) is 0 Å². The molecule has 0 saturated heterocycles. The number of carbonyl (C=O) groups is 2. The molecule has 1 aliphatic rings. The minimum atomic E-state index is -0.138. The molecule has 0 spiro atoms. The first-order valence-corrected chi connectivity index (χ1v) is 11.5. The van der Waals surface area contributed by atoms with Gasteiger partial charge in [-0.3, -0.25) is 9.59 Å². The lowest BCUT2D eigenvalue weighted by molar-refractivity contribution is 0.0995. The van der Waals surface area contributed by atoms with E-state index in [0.717, 1.165) is 51.1 Å². The van der Waals surface area contributed by atoms with Gasteiger partial charge in [0.15, 0.2) is 11.6 Å². The van der Waals surface area contributed by atoms with E-state index in [-0.39, 0.29) is 17.3 Å². The third-order valence-corrected chi connectivity index (χ3v) is 8.36. The van der Waals surface area contributed by atoms with Crippen molar-refractivity contribution in [3.05, 3.63) is 77.9 Å². The molecule has 0 radical (unpaired) electrons. The normalized spacial score (nSPS) is 13.9. The van der Waals surface area contributed by atoms with E-state index in [1.807, 2.05) is 24.3 Å². The van der Waals surface area contributed by atoms with E-state index < -0.39 is 0 Å². The summed E-state index contributed by atoms with van der Waals surface area (Å²) in [5.74, 6) is -0.0269. The number of phenols is 1. The topological polar surface area (TPSA) is 54.4 Å². The van der Waals surface area contributed by atoms with E-state index in [1.165, 1.54) is 12.2 Å². The lowest BCUT2D eigenvalue weighted by Crippen LogP contribution is -2.11. The van der Waals surface area contributed by atoms with Gasteiger partial charge in [0, 0.05) is 56.9 Å². The lowest BCUT2D eigenvalue weighted by Gasteiger charge is -2.11. The van der Waals surface area contributed by atoms with Crippen molar-refractivity contribution in [2.75, 3.05) is 0 Å². The molecule has 2 heterocycles. The molecule has 3 nitrogen and oxygen atoms in total. The fourth-order valence-electron chi connectivity index (χ4n) is 4.84. The van der Waals surface area contributed by atoms with Crippen LogP contribution in [0, 0.1) is 0 Å². The lowest BCUT2D eigenvalue weighted by atomic mass is 9.90. The molecule has 0 atom stereocenters. The van der Waals surface area contributed by atoms with Crippen LogP contribution in [0.4, 0.5) is 0 Å². The van der Waals surface area contributed by atoms with Crippen molar-refractivity contribution in [2.24, 2.45) is 0 Å². The molecule has 0 saturated carbocycles. The smallest absolute Gasteiger partial charge is 0.187 e. The average Bonchev–Trinajstić information content (AvgIpc) is 3.33. The summed E-state index contributed by atoms with van der Waals surface area (Å²) in [4.78, 5) is 25.4. The van der Waals surface area contributed by atoms with Gasteiger partial charge in [-0.25, -0.2) is 0 Å². The quantitative estimate of drug-likeness (QED) is 0.274. The molecule has 31 heavy (non-hydrogen) atoms. The van der Waals surface area contributed by atoms with E-state index in [9.17, 15) is 14.7 Å². The second-order valence-electron chi connectivity index (χ2n) is 7.75. The van der Waals surface area contributed by atoms with Crippen molar-refractivity contribution >= 4 is 85.4 Å². The van der Waals surface area contributed by atoms with Gasteiger partial charge in [0.2, 0.25) is 0 Å². The Balaban J connectivity index is 1.82. The second-order valence-corrected chi connectivity index (χ2v) is 9.92. The highest BCUT2D eigenvalue weighted by Crippen LogP contribution is 2.49. The Morgan fingerprint density at radius 2 is 1.16 bits per heavy atom. The van der Waals surface area contributed by atoms with Gasteiger partial charge in [-0.15, -0.1) is 22.7 Å². The minimum absolute atomic E-state index is 0.135. The van der Waals surface area contributed by atoms with Crippen LogP contribution in [0.2, 0.25) is 0 Å². The highest BCUT2D eigenvalue weighted by Gasteiger charge is 2.25. The standard InChI is InChI=1S/C26H12O3S2/c27-14-6-7-16(29)22-13(14)5-9-18-24(22)26-20(31-18)11-10-19-25(26)23-17(30-19)8-4-12-2-1-3-15(28)21(12)23/h1-11,28H. The maximum atomic E-state index is 12.9. The number of allylic oxidation sites excluding steroid dienone is 2. The summed E-state index contributed by atoms with van der Waals surface area (Å²) in [5.41, 5.74) is 0.955. The summed E-state index contributed by atoms with van der Waals surface area (Å²) in [6.07, 6.45) is 2.73. The highest BCUT2D eigenvalue weighted by atomic mass is 32.1. The van der Waals surface area contributed by atoms with Crippen LogP contribution in [0.3, 0.4) is 0 Å². The van der Waals surface area contributed by atoms with Crippen molar-refractivity contribution in [3.8, 4) is 5.75 Å². The molecule has 6 aromatic rings. The first-order valence-electron chi connectivity index (χ1n) is 9.84. The van der Waals surface area contributed by atoms with E-state index in [1.54, 1.807) is 34.8 Å². The number of carbonyl (C=O) groups excluding carboxylic acids is 2. The number of hydrogen-bond acceptors (Lipinski definition) is 5. The molecule has 1 N–H and O–H groups in total. The molecular weight excluding hydrogens is 424 g/mol. The fourth-order valence-corrected chi connectivity index (χ4v) is 7.09. The molecule has 4 aromatic carbocycles. The van der Waals surface area contributed by atoms with Gasteiger partial charge in [0.05, 0.1) is 0 Å². The van der Waals surface area contributed by atoms with Crippen LogP contribution in [0.25, 0.3) is 51.1 Å². The van der Waals surface area contributed by atoms with Crippen molar-refractivity contribution in [2.45, 2.75) is 0 Å². The zero-order valence-electron chi connectivity index (χ0n) is 15.9. The summed E-state index contributed by atoms with van der Waals surface area (Å²) >= 11 is 3.31. The SMILES string of the molecule is O=C1C=CC(=O)c2c1ccc1sc3ccc4sc5ccc6cccc(O)c6c5c4c3c21. The first-order chi connectivity index (χ1) is 15.1. The monoisotopic (exact) mass is 436 g/mol. The summed E-state index contributed by atoms with van der Waals surface area (Å²) < 4.78 is 4.24. The largest absolute Gasteiger partial charge is 0.507 e. The number of fused-ring (bicyclic) bond motifs is 11. The van der Waals surface area contributed by atoms with E-state index in [4.69, 9.17) is 0 Å². The molecule has 0 fully saturated rings. The first kappa shape index (κ1) is 17.2. The van der Waals surface area contributed by atoms with Crippen LogP contribution >= 0.6 is 22.7 Å². The highest BCUT2D eigenvalue weighted by molar-refractivity contribution is 7.28. The number of aromatic hydroxyl groups is 1. The molecule has 0 aliphatic heterocycles. The van der Waals surface area contributed by atoms with Crippen molar-refractivity contribution < 1.29 is 14.7 Å². The Bertz CT molecular complexity index is 1830. The van der Waals surface area contributed by atoms with Crippen LogP contribution in [-0.2, 0) is 0 Å². The fraction of sp³-hybridized carbons (Fsp3) is 0. The van der Waals surface area contributed by atoms with Gasteiger partial charge in [-0.2, -0.15) is 0 Å². The zero-order chi connectivity index (χ0) is 20.9. The van der Waals surface area contributed by atoms with Gasteiger partial charge < -0.3 is 5.11 Å². The van der Waals surface area contributed by atoms with Gasteiger partial charge in [0.1, 0.15) is 5.75 Å². The predicted molar refractivity (Wildman–Crippen MR) is 129 cm³/mol. The van der Waals surface area contributed by atoms with Crippen molar-refractivity contribution in [3.63, 3.8) is 0 Å². The Hall–Kier alpha value is -3.54. The van der Waals surface area contributed by atoms with Gasteiger partial charge in [-0.05, 0) is 53.9 Å². The molecule has 0 bridgehead atoms. The molecule has 146 valence electrons. The Kier molecular flexibility index (Phi) is 3.20. The molecule has 1 aliphatic carbocycles. The van der Waals surface area contributed by atoms with Crippen LogP contribution < -0.4 is 0 Å². The van der Waals surface area contributed by atoms with Crippen molar-refractivity contribution in [1.29, 1.82) is 0 Å². The molecule has 0 amide bonds. The second kappa shape index (κ2) is 5.78. The number of phenolic OH excluding ortho intramolecular Hbond substituents is 1. The maximum absolute atomic E-state index is 12.9. The van der Waals surface area contributed by atoms with Gasteiger partial charge >= 0.3 is 0 Å². The zero-order valence-corrected chi connectivity index (χ0v) is 17.6. The molecule has 0 unspecified atom stereocenters. The third kappa shape index (κ3) is 2.12. The van der Waals surface area contributed by atoms with E-state index in [0.29, 0.717) is 11.1 Å². The summed E-state index contributed by atoms with van der Waals surface area (Å²) in [7, 11) is 0. The number of ketones is 2. The Labute approximate surface area is 183 Å². The Morgan fingerprint density at radius 3 is 1.94 bits per heavy atom. The average molecular weight is 437 g/mol. The molecule has 7 rings (SSSR count). The summed E-state index contributed by atoms with van der Waals surface area (Å²) in [5, 5.41) is 16.4. The van der Waals surface area contributed by atoms with Crippen LogP contribution in [0.5, 0.6) is 5.75 Å². The molecule has 5 heteroatoms. The van der Waals surface area contributed by atoms with E-state index in [2.05, 4.69) is 18.2 Å². The summed E-state index contributed by atoms with van der Waals surface area (Å²) in [6, 6.07) is 17.6. The third-order valence-electron chi connectivity index (χ3n) is 6.12. The number of benzene rings is 4. The maximum Gasteiger partial charge on any atom is 0.187 e. The van der Waals surface area contributed by atoms with E-state index >= 15 is 0 Å². The van der Waals surface area contributed by atoms with Gasteiger partial charge in [0.25, 0.3) is 0 Å². The van der Waals surface area contributed by atoms with Crippen LogP contribution in [0.1, 0.15) is 20.7 Å². The van der Waals surface area contributed by atoms with Crippen LogP contribution in [0.15, 0.2) is 66.7 Å². The van der Waals surface area contributed by atoms with Gasteiger partial charge in [-0.1, -0.05) is 18.2 Å². The summed E-state index contributed by atoms with van der Waals surface area (Å²) in [6.45, 7) is 0. The Morgan fingerprint density at radius 1 is 0.581 bits per heavy atom. The van der Waals surface area contributed by atoms with Crippen LogP contribution in [-0.4, -0.2) is 16.7 Å². The minimum Gasteiger partial charge on any atom is -0.507 e. The number of rotatable bonds is 0. The number of hydrogen-bond donors (Lipinski definition) is 1. The number of thiophene rings is 2.